The molecule has 0 saturated heterocycles. The predicted molar refractivity (Wildman–Crippen MR) is 81.2 cm³/mol. The molecule has 1 aliphatic rings. The topological polar surface area (TPSA) is 63.9 Å². The Balaban J connectivity index is 1.80. The molecule has 1 aliphatic heterocycles. The smallest absolute Gasteiger partial charge is 0.240 e. The first-order chi connectivity index (χ1) is 10.1. The van der Waals surface area contributed by atoms with Crippen LogP contribution >= 0.6 is 11.8 Å². The van der Waals surface area contributed by atoms with E-state index < -0.39 is 0 Å². The number of hydrogen-bond donors (Lipinski definition) is 0. The lowest BCUT2D eigenvalue weighted by Crippen LogP contribution is -2.40. The minimum absolute atomic E-state index is 0.0976. The Bertz CT molecular complexity index is 671. The van der Waals surface area contributed by atoms with Crippen molar-refractivity contribution in [3.05, 3.63) is 29.8 Å². The van der Waals surface area contributed by atoms with Crippen LogP contribution in [-0.4, -0.2) is 37.4 Å². The number of amides is 1. The highest BCUT2D eigenvalue weighted by molar-refractivity contribution is 8.00. The first kappa shape index (κ1) is 14.1. The largest absolute Gasteiger partial charge is 0.308 e. The third-order valence-electron chi connectivity index (χ3n) is 3.66. The molecule has 6 nitrogen and oxygen atoms in total. The number of tetrazole rings is 1. The van der Waals surface area contributed by atoms with Gasteiger partial charge in [0, 0.05) is 18.8 Å². The Morgan fingerprint density at radius 2 is 2.19 bits per heavy atom. The lowest BCUT2D eigenvalue weighted by molar-refractivity contribution is -0.118. The molecule has 0 N–H and O–H groups in total. The summed E-state index contributed by atoms with van der Waals surface area (Å²) in [4.78, 5) is 14.7. The van der Waals surface area contributed by atoms with E-state index in [0.717, 1.165) is 12.1 Å². The van der Waals surface area contributed by atoms with Crippen molar-refractivity contribution in [2.24, 2.45) is 7.05 Å². The molecule has 2 aromatic rings. The molecular weight excluding hydrogens is 286 g/mol. The van der Waals surface area contributed by atoms with Crippen LogP contribution in [-0.2, 0) is 18.3 Å². The van der Waals surface area contributed by atoms with Gasteiger partial charge in [0.05, 0.1) is 5.25 Å². The molecular formula is C14H17N5OS. The second-order valence-corrected chi connectivity index (χ2v) is 6.54. The predicted octanol–water partition coefficient (Wildman–Crippen LogP) is 1.67. The summed E-state index contributed by atoms with van der Waals surface area (Å²) in [5.41, 5.74) is 2.26. The van der Waals surface area contributed by atoms with Crippen LogP contribution in [0.25, 0.3) is 0 Å². The molecule has 1 amide bonds. The monoisotopic (exact) mass is 303 g/mol. The number of fused-ring (bicyclic) bond motifs is 1. The zero-order valence-electron chi connectivity index (χ0n) is 12.2. The average molecular weight is 303 g/mol. The van der Waals surface area contributed by atoms with Crippen molar-refractivity contribution in [2.45, 2.75) is 36.7 Å². The van der Waals surface area contributed by atoms with Crippen molar-refractivity contribution in [3.8, 4) is 0 Å². The third-order valence-corrected chi connectivity index (χ3v) is 4.77. The molecule has 2 heterocycles. The first-order valence-electron chi connectivity index (χ1n) is 6.88. The number of para-hydroxylation sites is 1. The molecule has 110 valence electrons. The Hall–Kier alpha value is -1.89. The lowest BCUT2D eigenvalue weighted by atomic mass is 10.1. The minimum atomic E-state index is -0.233. The molecule has 2 atom stereocenters. The zero-order valence-corrected chi connectivity index (χ0v) is 13.0. The molecule has 0 saturated carbocycles. The summed E-state index contributed by atoms with van der Waals surface area (Å²) in [5.74, 6) is 0.0976. The molecule has 0 aliphatic carbocycles. The van der Waals surface area contributed by atoms with Gasteiger partial charge >= 0.3 is 0 Å². The van der Waals surface area contributed by atoms with Crippen LogP contribution in [0.5, 0.6) is 0 Å². The van der Waals surface area contributed by atoms with E-state index in [-0.39, 0.29) is 17.2 Å². The fourth-order valence-electron chi connectivity index (χ4n) is 2.63. The first-order valence-corrected chi connectivity index (χ1v) is 7.76. The van der Waals surface area contributed by atoms with Gasteiger partial charge in [-0.1, -0.05) is 30.0 Å². The van der Waals surface area contributed by atoms with Gasteiger partial charge in [-0.15, -0.1) is 5.10 Å². The number of nitrogens with zero attached hydrogens (tertiary/aromatic N) is 5. The van der Waals surface area contributed by atoms with Crippen LogP contribution in [0.4, 0.5) is 5.69 Å². The van der Waals surface area contributed by atoms with E-state index in [2.05, 4.69) is 28.5 Å². The van der Waals surface area contributed by atoms with E-state index in [4.69, 9.17) is 0 Å². The zero-order chi connectivity index (χ0) is 15.0. The van der Waals surface area contributed by atoms with E-state index in [1.54, 1.807) is 11.7 Å². The van der Waals surface area contributed by atoms with E-state index in [1.165, 1.54) is 17.3 Å². The van der Waals surface area contributed by atoms with Gasteiger partial charge in [0.1, 0.15) is 0 Å². The summed E-state index contributed by atoms with van der Waals surface area (Å²) >= 11 is 1.38. The highest BCUT2D eigenvalue weighted by Crippen LogP contribution is 2.34. The van der Waals surface area contributed by atoms with Gasteiger partial charge < -0.3 is 4.90 Å². The van der Waals surface area contributed by atoms with Gasteiger partial charge in [-0.2, -0.15) is 0 Å². The summed E-state index contributed by atoms with van der Waals surface area (Å²) in [7, 11) is 1.77. The van der Waals surface area contributed by atoms with Gasteiger partial charge in [-0.05, 0) is 42.3 Å². The molecule has 0 bridgehead atoms. The summed E-state index contributed by atoms with van der Waals surface area (Å²) < 4.78 is 1.58. The van der Waals surface area contributed by atoms with Gasteiger partial charge in [-0.25, -0.2) is 4.68 Å². The number of rotatable bonds is 3. The number of aromatic nitrogens is 4. The van der Waals surface area contributed by atoms with Gasteiger partial charge in [-0.3, -0.25) is 4.79 Å². The van der Waals surface area contributed by atoms with Gasteiger partial charge in [0.2, 0.25) is 11.1 Å². The lowest BCUT2D eigenvalue weighted by Gasteiger charge is -2.25. The highest BCUT2D eigenvalue weighted by atomic mass is 32.2. The van der Waals surface area contributed by atoms with E-state index in [1.807, 2.05) is 30.0 Å². The summed E-state index contributed by atoms with van der Waals surface area (Å²) in [6.45, 7) is 3.98. The second-order valence-electron chi connectivity index (χ2n) is 5.24. The number of hydrogen-bond acceptors (Lipinski definition) is 5. The molecule has 0 fully saturated rings. The Morgan fingerprint density at radius 3 is 2.90 bits per heavy atom. The van der Waals surface area contributed by atoms with Gasteiger partial charge in [0.15, 0.2) is 0 Å². The van der Waals surface area contributed by atoms with E-state index in [9.17, 15) is 4.79 Å². The SMILES string of the molecule is C[C@H](Sc1nnnn1C)C(=O)N1c2ccccc2C[C@@H]1C. The third kappa shape index (κ3) is 2.53. The summed E-state index contributed by atoms with van der Waals surface area (Å²) in [6, 6.07) is 8.28. The normalized spacial score (nSPS) is 18.6. The maximum atomic E-state index is 12.8. The minimum Gasteiger partial charge on any atom is -0.308 e. The molecule has 1 aromatic heterocycles. The number of benzene rings is 1. The highest BCUT2D eigenvalue weighted by Gasteiger charge is 2.33. The maximum Gasteiger partial charge on any atom is 0.240 e. The Kier molecular flexibility index (Phi) is 3.67. The van der Waals surface area contributed by atoms with E-state index in [0.29, 0.717) is 5.16 Å². The number of anilines is 1. The molecule has 1 aromatic carbocycles. The van der Waals surface area contributed by atoms with Crippen LogP contribution in [0, 0.1) is 0 Å². The number of aryl methyl sites for hydroxylation is 1. The summed E-state index contributed by atoms with van der Waals surface area (Å²) in [6.07, 6.45) is 0.908. The molecule has 3 rings (SSSR count). The van der Waals surface area contributed by atoms with Gasteiger partial charge in [0.25, 0.3) is 0 Å². The van der Waals surface area contributed by atoms with Crippen molar-refractivity contribution in [3.63, 3.8) is 0 Å². The molecule has 0 radical (unpaired) electrons. The summed E-state index contributed by atoms with van der Waals surface area (Å²) in [5, 5.41) is 11.7. The molecule has 0 unspecified atom stereocenters. The van der Waals surface area contributed by atoms with Crippen molar-refractivity contribution in [2.75, 3.05) is 4.90 Å². The standard InChI is InChI=1S/C14H17N5OS/c1-9-8-11-6-4-5-7-12(11)19(9)13(20)10(2)21-14-15-16-17-18(14)3/h4-7,9-10H,8H2,1-3H3/t9-,10-/m0/s1. The second kappa shape index (κ2) is 5.48. The van der Waals surface area contributed by atoms with Crippen molar-refractivity contribution >= 4 is 23.4 Å². The van der Waals surface area contributed by atoms with Crippen LogP contribution in [0.3, 0.4) is 0 Å². The molecule has 7 heteroatoms. The fraction of sp³-hybridized carbons (Fsp3) is 0.429. The van der Waals surface area contributed by atoms with Crippen LogP contribution in [0.15, 0.2) is 29.4 Å². The quantitative estimate of drug-likeness (QED) is 0.807. The average Bonchev–Trinajstić information content (AvgIpc) is 3.01. The Morgan fingerprint density at radius 1 is 1.43 bits per heavy atom. The van der Waals surface area contributed by atoms with E-state index >= 15 is 0 Å². The van der Waals surface area contributed by atoms with Crippen LogP contribution in [0.2, 0.25) is 0 Å². The Labute approximate surface area is 127 Å². The van der Waals surface area contributed by atoms with Crippen molar-refractivity contribution in [1.29, 1.82) is 0 Å². The van der Waals surface area contributed by atoms with Crippen LogP contribution < -0.4 is 4.90 Å². The van der Waals surface area contributed by atoms with Crippen molar-refractivity contribution < 1.29 is 4.79 Å². The fourth-order valence-corrected chi connectivity index (χ4v) is 3.43. The molecule has 21 heavy (non-hydrogen) atoms. The number of carbonyl (C=O) groups is 1. The maximum absolute atomic E-state index is 12.8. The number of carbonyl (C=O) groups excluding carboxylic acids is 1. The number of thioether (sulfide) groups is 1. The molecule has 0 spiro atoms. The van der Waals surface area contributed by atoms with Crippen LogP contribution in [0.1, 0.15) is 19.4 Å². The van der Waals surface area contributed by atoms with Crippen molar-refractivity contribution in [1.82, 2.24) is 20.2 Å².